The molecule has 0 aliphatic rings. The molecule has 1 N–H and O–H groups in total. The van der Waals surface area contributed by atoms with Crippen LogP contribution in [0.4, 0.5) is 0 Å². The van der Waals surface area contributed by atoms with Crippen molar-refractivity contribution in [1.82, 2.24) is 0 Å². The number of carboxylic acid groups (broad SMARTS) is 1. The minimum absolute atomic E-state index is 0.176. The van der Waals surface area contributed by atoms with Gasteiger partial charge in [0.05, 0.1) is 5.92 Å². The molecule has 1 atom stereocenters. The summed E-state index contributed by atoms with van der Waals surface area (Å²) in [6.45, 7) is 2.27. The van der Waals surface area contributed by atoms with Gasteiger partial charge in [0.15, 0.2) is 0 Å². The highest BCUT2D eigenvalue weighted by Crippen LogP contribution is 2.17. The van der Waals surface area contributed by atoms with Crippen LogP contribution < -0.4 is 0 Å². The van der Waals surface area contributed by atoms with Crippen molar-refractivity contribution < 1.29 is 9.90 Å². The van der Waals surface area contributed by atoms with Gasteiger partial charge in [-0.2, -0.15) is 12.6 Å². The number of hydrogen-bond donors (Lipinski definition) is 2. The summed E-state index contributed by atoms with van der Waals surface area (Å²) < 4.78 is 0. The fraction of sp³-hybridized carbons (Fsp3) is 0.947. The lowest BCUT2D eigenvalue weighted by atomic mass is 9.98. The van der Waals surface area contributed by atoms with Crippen molar-refractivity contribution in [2.24, 2.45) is 5.92 Å². The lowest BCUT2D eigenvalue weighted by Gasteiger charge is -2.10. The van der Waals surface area contributed by atoms with Gasteiger partial charge in [0.1, 0.15) is 0 Å². The van der Waals surface area contributed by atoms with E-state index in [9.17, 15) is 4.79 Å². The fourth-order valence-electron chi connectivity index (χ4n) is 2.96. The van der Waals surface area contributed by atoms with Gasteiger partial charge in [-0.25, -0.2) is 0 Å². The summed E-state index contributed by atoms with van der Waals surface area (Å²) in [7, 11) is 0. The normalized spacial score (nSPS) is 12.5. The van der Waals surface area contributed by atoms with Crippen LogP contribution in [-0.4, -0.2) is 16.8 Å². The molecule has 1 unspecified atom stereocenters. The summed E-state index contributed by atoms with van der Waals surface area (Å²) >= 11 is 4.13. The molecule has 0 heterocycles. The summed E-state index contributed by atoms with van der Waals surface area (Å²) in [4.78, 5) is 11.0. The quantitative estimate of drug-likeness (QED) is 0.236. The smallest absolute Gasteiger partial charge is 0.306 e. The number of unbranched alkanes of at least 4 members (excludes halogenated alkanes) is 12. The molecule has 3 heteroatoms. The standard InChI is InChI=1S/C19H38O2S/c1-2-3-4-5-6-7-8-9-10-11-12-13-14-15-18(16-17-22)19(20)21/h18,22H,2-17H2,1H3,(H,20,21). The van der Waals surface area contributed by atoms with Crippen molar-refractivity contribution in [2.75, 3.05) is 5.75 Å². The number of thiol groups is 1. The zero-order valence-electron chi connectivity index (χ0n) is 14.7. The largest absolute Gasteiger partial charge is 0.481 e. The monoisotopic (exact) mass is 330 g/mol. The summed E-state index contributed by atoms with van der Waals surface area (Å²) in [6.07, 6.45) is 18.9. The van der Waals surface area contributed by atoms with E-state index in [1.54, 1.807) is 0 Å². The predicted octanol–water partition coefficient (Wildman–Crippen LogP) is 6.49. The Morgan fingerprint density at radius 2 is 1.18 bits per heavy atom. The molecule has 0 aliphatic heterocycles. The zero-order chi connectivity index (χ0) is 16.5. The molecule has 132 valence electrons. The van der Waals surface area contributed by atoms with Gasteiger partial charge in [0.25, 0.3) is 0 Å². The van der Waals surface area contributed by atoms with Crippen molar-refractivity contribution in [3.8, 4) is 0 Å². The molecule has 0 radical (unpaired) electrons. The van der Waals surface area contributed by atoms with Crippen LogP contribution in [-0.2, 0) is 4.79 Å². The molecule has 0 aliphatic carbocycles. The molecule has 0 fully saturated rings. The van der Waals surface area contributed by atoms with Crippen LogP contribution in [0.5, 0.6) is 0 Å². The Balaban J connectivity index is 3.21. The van der Waals surface area contributed by atoms with E-state index in [1.807, 2.05) is 0 Å². The van der Waals surface area contributed by atoms with E-state index < -0.39 is 5.97 Å². The lowest BCUT2D eigenvalue weighted by molar-refractivity contribution is -0.142. The second-order valence-corrected chi connectivity index (χ2v) is 7.03. The molecule has 0 aromatic carbocycles. The first-order chi connectivity index (χ1) is 10.7. The molecule has 0 bridgehead atoms. The van der Waals surface area contributed by atoms with Gasteiger partial charge in [-0.1, -0.05) is 90.4 Å². The summed E-state index contributed by atoms with van der Waals surface area (Å²) in [5, 5.41) is 9.06. The third kappa shape index (κ3) is 14.7. The molecule has 0 spiro atoms. The topological polar surface area (TPSA) is 37.3 Å². The number of carboxylic acids is 1. The zero-order valence-corrected chi connectivity index (χ0v) is 15.6. The average molecular weight is 331 g/mol. The van der Waals surface area contributed by atoms with Gasteiger partial charge < -0.3 is 5.11 Å². The Kier molecular flexibility index (Phi) is 17.0. The maximum atomic E-state index is 11.0. The third-order valence-corrected chi connectivity index (χ3v) is 4.74. The van der Waals surface area contributed by atoms with Gasteiger partial charge in [0, 0.05) is 0 Å². The Bertz CT molecular complexity index is 244. The number of carbonyl (C=O) groups is 1. The second kappa shape index (κ2) is 17.2. The average Bonchev–Trinajstić information content (AvgIpc) is 2.50. The molecule has 2 nitrogen and oxygen atoms in total. The van der Waals surface area contributed by atoms with Crippen molar-refractivity contribution in [2.45, 2.75) is 103 Å². The first-order valence-electron chi connectivity index (χ1n) is 9.56. The molecule has 0 aromatic heterocycles. The van der Waals surface area contributed by atoms with Gasteiger partial charge in [-0.15, -0.1) is 0 Å². The molecule has 0 saturated carbocycles. The van der Waals surface area contributed by atoms with Crippen LogP contribution in [0.25, 0.3) is 0 Å². The maximum absolute atomic E-state index is 11.0. The van der Waals surface area contributed by atoms with E-state index in [2.05, 4.69) is 19.6 Å². The minimum Gasteiger partial charge on any atom is -0.481 e. The van der Waals surface area contributed by atoms with Crippen molar-refractivity contribution in [3.05, 3.63) is 0 Å². The highest BCUT2D eigenvalue weighted by molar-refractivity contribution is 7.80. The lowest BCUT2D eigenvalue weighted by Crippen LogP contribution is -2.14. The number of aliphatic carboxylic acids is 1. The number of rotatable bonds is 17. The van der Waals surface area contributed by atoms with Crippen LogP contribution in [0.1, 0.15) is 103 Å². The number of hydrogen-bond acceptors (Lipinski definition) is 2. The molecular formula is C19H38O2S. The van der Waals surface area contributed by atoms with Gasteiger partial charge in [-0.05, 0) is 18.6 Å². The van der Waals surface area contributed by atoms with E-state index in [4.69, 9.17) is 5.11 Å². The Morgan fingerprint density at radius 1 is 0.773 bits per heavy atom. The molecule has 22 heavy (non-hydrogen) atoms. The third-order valence-electron chi connectivity index (χ3n) is 4.48. The Labute approximate surface area is 143 Å². The molecule has 0 amide bonds. The van der Waals surface area contributed by atoms with Crippen molar-refractivity contribution in [1.29, 1.82) is 0 Å². The minimum atomic E-state index is -0.645. The molecule has 0 saturated heterocycles. The van der Waals surface area contributed by atoms with E-state index in [0.29, 0.717) is 12.2 Å². The van der Waals surface area contributed by atoms with Crippen LogP contribution in [0.15, 0.2) is 0 Å². The second-order valence-electron chi connectivity index (χ2n) is 6.58. The van der Waals surface area contributed by atoms with E-state index >= 15 is 0 Å². The summed E-state index contributed by atoms with van der Waals surface area (Å²) in [5.74, 6) is -0.145. The Hall–Kier alpha value is -0.180. The van der Waals surface area contributed by atoms with Crippen molar-refractivity contribution in [3.63, 3.8) is 0 Å². The van der Waals surface area contributed by atoms with Crippen molar-refractivity contribution >= 4 is 18.6 Å². The van der Waals surface area contributed by atoms with Gasteiger partial charge >= 0.3 is 5.97 Å². The summed E-state index contributed by atoms with van der Waals surface area (Å²) in [5.41, 5.74) is 0. The fourth-order valence-corrected chi connectivity index (χ4v) is 3.27. The van der Waals surface area contributed by atoms with Crippen LogP contribution >= 0.6 is 12.6 Å². The van der Waals surface area contributed by atoms with Gasteiger partial charge in [-0.3, -0.25) is 4.79 Å². The van der Waals surface area contributed by atoms with Crippen LogP contribution in [0.2, 0.25) is 0 Å². The highest BCUT2D eigenvalue weighted by atomic mass is 32.1. The predicted molar refractivity (Wildman–Crippen MR) is 99.9 cm³/mol. The van der Waals surface area contributed by atoms with E-state index in [1.165, 1.54) is 77.0 Å². The first-order valence-corrected chi connectivity index (χ1v) is 10.2. The van der Waals surface area contributed by atoms with E-state index in [-0.39, 0.29) is 5.92 Å². The van der Waals surface area contributed by atoms with Crippen LogP contribution in [0, 0.1) is 5.92 Å². The first kappa shape index (κ1) is 21.8. The summed E-state index contributed by atoms with van der Waals surface area (Å²) in [6, 6.07) is 0. The SMILES string of the molecule is CCCCCCCCCCCCCCCC(CCS)C(=O)O. The molecule has 0 rings (SSSR count). The van der Waals surface area contributed by atoms with Gasteiger partial charge in [0.2, 0.25) is 0 Å². The molecular weight excluding hydrogens is 292 g/mol. The maximum Gasteiger partial charge on any atom is 0.306 e. The molecule has 0 aromatic rings. The highest BCUT2D eigenvalue weighted by Gasteiger charge is 2.15. The Morgan fingerprint density at radius 3 is 1.55 bits per heavy atom. The van der Waals surface area contributed by atoms with Crippen LogP contribution in [0.3, 0.4) is 0 Å². The van der Waals surface area contributed by atoms with E-state index in [0.717, 1.165) is 12.8 Å².